The molecule has 0 bridgehead atoms. The van der Waals surface area contributed by atoms with Crippen LogP contribution < -0.4 is 0 Å². The second-order valence-corrected chi connectivity index (χ2v) is 9.89. The van der Waals surface area contributed by atoms with Gasteiger partial charge in [0.1, 0.15) is 0 Å². The standard InChI is InChI=1S/C11H20N2O2.C10H20N2O/c1-9(14)12-5-7-13(8-6-12)10(15)11(2,3)4;1-10(2,3)9(13)12-7-5-11(4)6-8-12/h5-8H2,1-4H3;5-8H2,1-4H3. The van der Waals surface area contributed by atoms with Gasteiger partial charge < -0.3 is 19.6 Å². The van der Waals surface area contributed by atoms with E-state index in [2.05, 4.69) is 11.9 Å². The Morgan fingerprint density at radius 1 is 0.571 bits per heavy atom. The molecule has 2 saturated heterocycles. The van der Waals surface area contributed by atoms with Gasteiger partial charge in [-0.2, -0.15) is 0 Å². The fourth-order valence-electron chi connectivity index (χ4n) is 3.18. The fourth-order valence-corrected chi connectivity index (χ4v) is 3.18. The first-order chi connectivity index (χ1) is 12.7. The number of nitrogens with zero attached hydrogens (tertiary/aromatic N) is 4. The van der Waals surface area contributed by atoms with E-state index in [9.17, 15) is 14.4 Å². The minimum absolute atomic E-state index is 0.0952. The van der Waals surface area contributed by atoms with Crippen molar-refractivity contribution < 1.29 is 14.4 Å². The van der Waals surface area contributed by atoms with E-state index < -0.39 is 0 Å². The highest BCUT2D eigenvalue weighted by atomic mass is 16.2. The molecule has 0 aromatic carbocycles. The lowest BCUT2D eigenvalue weighted by Crippen LogP contribution is -2.52. The van der Waals surface area contributed by atoms with Crippen LogP contribution in [0.2, 0.25) is 0 Å². The van der Waals surface area contributed by atoms with Crippen molar-refractivity contribution in [3.05, 3.63) is 0 Å². The zero-order valence-corrected chi connectivity index (χ0v) is 19.2. The fraction of sp³-hybridized carbons (Fsp3) is 0.857. The Balaban J connectivity index is 0.000000283. The third kappa shape index (κ3) is 7.41. The summed E-state index contributed by atoms with van der Waals surface area (Å²) in [7, 11) is 2.10. The number of rotatable bonds is 0. The maximum atomic E-state index is 11.9. The summed E-state index contributed by atoms with van der Waals surface area (Å²) >= 11 is 0. The number of likely N-dealkylation sites (N-methyl/N-ethyl adjacent to an activating group) is 1. The third-order valence-corrected chi connectivity index (χ3v) is 5.09. The van der Waals surface area contributed by atoms with E-state index in [0.29, 0.717) is 26.2 Å². The van der Waals surface area contributed by atoms with Crippen molar-refractivity contribution in [2.75, 3.05) is 59.4 Å². The molecule has 28 heavy (non-hydrogen) atoms. The van der Waals surface area contributed by atoms with Crippen LogP contribution >= 0.6 is 0 Å². The highest BCUT2D eigenvalue weighted by molar-refractivity contribution is 5.82. The maximum absolute atomic E-state index is 11.9. The van der Waals surface area contributed by atoms with Crippen LogP contribution in [-0.2, 0) is 14.4 Å². The number of carbonyl (C=O) groups excluding carboxylic acids is 3. The van der Waals surface area contributed by atoms with Crippen molar-refractivity contribution in [2.24, 2.45) is 10.8 Å². The zero-order valence-electron chi connectivity index (χ0n) is 19.2. The summed E-state index contributed by atoms with van der Waals surface area (Å²) < 4.78 is 0. The average molecular weight is 397 g/mol. The Morgan fingerprint density at radius 2 is 0.857 bits per heavy atom. The van der Waals surface area contributed by atoms with Gasteiger partial charge in [-0.15, -0.1) is 0 Å². The molecule has 2 heterocycles. The van der Waals surface area contributed by atoms with Crippen molar-refractivity contribution >= 4 is 17.7 Å². The number of hydrogen-bond donors (Lipinski definition) is 0. The lowest BCUT2D eigenvalue weighted by molar-refractivity contribution is -0.144. The molecule has 0 atom stereocenters. The SMILES string of the molecule is CC(=O)N1CCN(C(=O)C(C)(C)C)CC1.CN1CCN(C(=O)C(C)(C)C)CC1. The molecule has 3 amide bonds. The van der Waals surface area contributed by atoms with Gasteiger partial charge in [-0.1, -0.05) is 41.5 Å². The van der Waals surface area contributed by atoms with E-state index in [0.717, 1.165) is 26.2 Å². The number of hydrogen-bond acceptors (Lipinski definition) is 4. The number of amides is 3. The summed E-state index contributed by atoms with van der Waals surface area (Å²) in [6.07, 6.45) is 0. The van der Waals surface area contributed by atoms with Crippen molar-refractivity contribution in [2.45, 2.75) is 48.5 Å². The molecule has 2 rings (SSSR count). The first-order valence-corrected chi connectivity index (χ1v) is 10.3. The molecule has 0 aromatic heterocycles. The molecule has 0 spiro atoms. The van der Waals surface area contributed by atoms with Gasteiger partial charge in [0.15, 0.2) is 0 Å². The molecule has 0 radical (unpaired) electrons. The summed E-state index contributed by atoms with van der Waals surface area (Å²) in [5.41, 5.74) is -0.547. The summed E-state index contributed by atoms with van der Waals surface area (Å²) in [6.45, 7) is 19.7. The van der Waals surface area contributed by atoms with Gasteiger partial charge in [0.2, 0.25) is 17.7 Å². The van der Waals surface area contributed by atoms with Crippen LogP contribution in [0.5, 0.6) is 0 Å². The molecule has 0 unspecified atom stereocenters. The van der Waals surface area contributed by atoms with Gasteiger partial charge in [-0.25, -0.2) is 0 Å². The van der Waals surface area contributed by atoms with E-state index in [4.69, 9.17) is 0 Å². The van der Waals surface area contributed by atoms with Crippen molar-refractivity contribution in [1.82, 2.24) is 19.6 Å². The molecular weight excluding hydrogens is 356 g/mol. The van der Waals surface area contributed by atoms with E-state index >= 15 is 0 Å². The van der Waals surface area contributed by atoms with Gasteiger partial charge >= 0.3 is 0 Å². The number of carbonyl (C=O) groups is 3. The molecular formula is C21H40N4O3. The van der Waals surface area contributed by atoms with Crippen LogP contribution in [0.15, 0.2) is 0 Å². The summed E-state index contributed by atoms with van der Waals surface area (Å²) in [5.74, 6) is 0.546. The molecule has 2 aliphatic heterocycles. The maximum Gasteiger partial charge on any atom is 0.228 e. The minimum Gasteiger partial charge on any atom is -0.340 e. The van der Waals surface area contributed by atoms with Crippen LogP contribution in [0, 0.1) is 10.8 Å². The molecule has 7 nitrogen and oxygen atoms in total. The van der Waals surface area contributed by atoms with Crippen LogP contribution in [0.3, 0.4) is 0 Å². The molecule has 0 saturated carbocycles. The molecule has 7 heteroatoms. The summed E-state index contributed by atoms with van der Waals surface area (Å²) in [6, 6.07) is 0. The largest absolute Gasteiger partial charge is 0.340 e. The van der Waals surface area contributed by atoms with Crippen molar-refractivity contribution in [3.63, 3.8) is 0 Å². The predicted molar refractivity (Wildman–Crippen MR) is 112 cm³/mol. The first-order valence-electron chi connectivity index (χ1n) is 10.3. The molecule has 0 aromatic rings. The Labute approximate surface area is 171 Å². The van der Waals surface area contributed by atoms with Gasteiger partial charge in [-0.3, -0.25) is 14.4 Å². The van der Waals surface area contributed by atoms with Gasteiger partial charge in [0, 0.05) is 70.1 Å². The summed E-state index contributed by atoms with van der Waals surface area (Å²) in [5, 5.41) is 0. The van der Waals surface area contributed by atoms with E-state index in [-0.39, 0.29) is 28.6 Å². The first kappa shape index (κ1) is 24.4. The van der Waals surface area contributed by atoms with E-state index in [1.54, 1.807) is 11.8 Å². The molecule has 0 N–H and O–H groups in total. The molecule has 162 valence electrons. The number of piperazine rings is 2. The van der Waals surface area contributed by atoms with Crippen molar-refractivity contribution in [1.29, 1.82) is 0 Å². The molecule has 0 aliphatic carbocycles. The predicted octanol–water partition coefficient (Wildman–Crippen LogP) is 1.53. The van der Waals surface area contributed by atoms with E-state index in [1.165, 1.54) is 0 Å². The zero-order chi connectivity index (χ0) is 21.7. The highest BCUT2D eigenvalue weighted by Gasteiger charge is 2.30. The average Bonchev–Trinajstić information content (AvgIpc) is 2.60. The topological polar surface area (TPSA) is 64.2 Å². The highest BCUT2D eigenvalue weighted by Crippen LogP contribution is 2.19. The lowest BCUT2D eigenvalue weighted by Gasteiger charge is -2.37. The van der Waals surface area contributed by atoms with E-state index in [1.807, 2.05) is 51.3 Å². The summed E-state index contributed by atoms with van der Waals surface area (Å²) in [4.78, 5) is 42.7. The molecule has 2 fully saturated rings. The Morgan fingerprint density at radius 3 is 1.14 bits per heavy atom. The van der Waals surface area contributed by atoms with Crippen molar-refractivity contribution in [3.8, 4) is 0 Å². The second-order valence-electron chi connectivity index (χ2n) is 9.89. The minimum atomic E-state index is -0.321. The van der Waals surface area contributed by atoms with Crippen LogP contribution in [0.25, 0.3) is 0 Å². The van der Waals surface area contributed by atoms with Gasteiger partial charge in [0.05, 0.1) is 0 Å². The normalized spacial score (nSPS) is 19.1. The van der Waals surface area contributed by atoms with Crippen LogP contribution in [0.1, 0.15) is 48.5 Å². The smallest absolute Gasteiger partial charge is 0.228 e. The monoisotopic (exact) mass is 396 g/mol. The van der Waals surface area contributed by atoms with Gasteiger partial charge in [0.25, 0.3) is 0 Å². The lowest BCUT2D eigenvalue weighted by atomic mass is 9.94. The third-order valence-electron chi connectivity index (χ3n) is 5.09. The quantitative estimate of drug-likeness (QED) is 0.623. The van der Waals surface area contributed by atoms with Crippen LogP contribution in [0.4, 0.5) is 0 Å². The molecule has 2 aliphatic rings. The Bertz CT molecular complexity index is 547. The van der Waals surface area contributed by atoms with Crippen LogP contribution in [-0.4, -0.2) is 96.7 Å². The Hall–Kier alpha value is -1.63. The second kappa shape index (κ2) is 9.72. The Kier molecular flexibility index (Phi) is 8.47. The van der Waals surface area contributed by atoms with Gasteiger partial charge in [-0.05, 0) is 7.05 Å².